The predicted molar refractivity (Wildman–Crippen MR) is 102 cm³/mol. The van der Waals surface area contributed by atoms with Crippen molar-refractivity contribution in [1.29, 1.82) is 0 Å². The fourth-order valence-corrected chi connectivity index (χ4v) is 4.77. The molecule has 2 rings (SSSR count). The largest absolute Gasteiger partial charge is 0.377 e. The minimum atomic E-state index is -4.37. The van der Waals surface area contributed by atoms with Crippen molar-refractivity contribution in [2.24, 2.45) is 11.5 Å². The van der Waals surface area contributed by atoms with E-state index in [-0.39, 0.29) is 0 Å². The van der Waals surface area contributed by atoms with Crippen LogP contribution in [0.1, 0.15) is 10.8 Å². The second-order valence-electron chi connectivity index (χ2n) is 6.04. The van der Waals surface area contributed by atoms with Gasteiger partial charge in [0.25, 0.3) is 0 Å². The van der Waals surface area contributed by atoms with Crippen LogP contribution >= 0.6 is 0 Å². The Morgan fingerprint density at radius 3 is 2.08 bits per heavy atom. The molecule has 0 radical (unpaired) electrons. The average Bonchev–Trinajstić information content (AvgIpc) is 2.53. The number of nitrogens with zero attached hydrogens (tertiary/aromatic N) is 1. The minimum Gasteiger partial charge on any atom is -0.377 e. The van der Waals surface area contributed by atoms with E-state index in [1.54, 1.807) is 24.3 Å². The number of amides is 2. The molecule has 2 aromatic carbocycles. The third-order valence-corrected chi connectivity index (χ3v) is 6.41. The van der Waals surface area contributed by atoms with Crippen molar-refractivity contribution >= 4 is 38.1 Å². The first kappa shape index (κ1) is 19.5. The summed E-state index contributed by atoms with van der Waals surface area (Å²) in [6.45, 7) is 3.58. The van der Waals surface area contributed by atoms with E-state index < -0.39 is 32.2 Å². The van der Waals surface area contributed by atoms with Crippen molar-refractivity contribution in [1.82, 2.24) is 0 Å². The molecule has 0 bridgehead atoms. The van der Waals surface area contributed by atoms with Crippen molar-refractivity contribution < 1.29 is 18.0 Å². The standard InChI is InChI=1S/C18H21N3O4S/c1-4-15(26(24,25)16(17(19)22)18(20)23)13-9-5-8-12-11(13)7-6-10-14(12)21(2)3/h4-10,15-16H,1H2,2-3H3,(H2,19,22)(H2,20,23). The molecule has 2 amide bonds. The maximum absolute atomic E-state index is 12.9. The monoisotopic (exact) mass is 375 g/mol. The van der Waals surface area contributed by atoms with Gasteiger partial charge < -0.3 is 16.4 Å². The Morgan fingerprint density at radius 2 is 1.58 bits per heavy atom. The van der Waals surface area contributed by atoms with E-state index >= 15 is 0 Å². The number of hydrogen-bond donors (Lipinski definition) is 2. The molecule has 138 valence electrons. The zero-order valence-electron chi connectivity index (χ0n) is 14.5. The number of primary amides is 2. The number of fused-ring (bicyclic) bond motifs is 1. The van der Waals surface area contributed by atoms with Crippen LogP contribution in [0.5, 0.6) is 0 Å². The summed E-state index contributed by atoms with van der Waals surface area (Å²) in [5.74, 6) is -2.61. The number of benzene rings is 2. The fourth-order valence-electron chi connectivity index (χ4n) is 3.00. The zero-order valence-corrected chi connectivity index (χ0v) is 15.4. The van der Waals surface area contributed by atoms with E-state index in [9.17, 15) is 18.0 Å². The normalized spacial score (nSPS) is 12.7. The van der Waals surface area contributed by atoms with Crippen molar-refractivity contribution in [2.75, 3.05) is 19.0 Å². The van der Waals surface area contributed by atoms with Gasteiger partial charge in [-0.2, -0.15) is 0 Å². The van der Waals surface area contributed by atoms with Gasteiger partial charge in [-0.05, 0) is 17.0 Å². The van der Waals surface area contributed by atoms with Gasteiger partial charge in [0.2, 0.25) is 17.1 Å². The van der Waals surface area contributed by atoms with Gasteiger partial charge in [0, 0.05) is 25.2 Å². The van der Waals surface area contributed by atoms with Gasteiger partial charge >= 0.3 is 0 Å². The summed E-state index contributed by atoms with van der Waals surface area (Å²) < 4.78 is 25.8. The Labute approximate surface area is 152 Å². The Hall–Kier alpha value is -2.87. The van der Waals surface area contributed by atoms with E-state index in [1.165, 1.54) is 6.08 Å². The average molecular weight is 375 g/mol. The van der Waals surface area contributed by atoms with Crippen LogP contribution in [0.25, 0.3) is 10.8 Å². The van der Waals surface area contributed by atoms with Crippen molar-refractivity contribution in [3.05, 3.63) is 54.6 Å². The van der Waals surface area contributed by atoms with Crippen LogP contribution < -0.4 is 16.4 Å². The van der Waals surface area contributed by atoms with Crippen LogP contribution in [0.4, 0.5) is 5.69 Å². The highest BCUT2D eigenvalue weighted by Gasteiger charge is 2.41. The van der Waals surface area contributed by atoms with E-state index in [0.29, 0.717) is 10.9 Å². The van der Waals surface area contributed by atoms with Crippen LogP contribution in [0.3, 0.4) is 0 Å². The Kier molecular flexibility index (Phi) is 5.36. The molecule has 0 saturated heterocycles. The Morgan fingerprint density at radius 1 is 1.04 bits per heavy atom. The molecule has 0 aromatic heterocycles. The van der Waals surface area contributed by atoms with E-state index in [4.69, 9.17) is 11.5 Å². The molecular weight excluding hydrogens is 354 g/mol. The molecule has 7 nitrogen and oxygen atoms in total. The predicted octanol–water partition coefficient (Wildman–Crippen LogP) is 0.887. The Balaban J connectivity index is 2.76. The first-order valence-corrected chi connectivity index (χ1v) is 9.36. The summed E-state index contributed by atoms with van der Waals surface area (Å²) in [4.78, 5) is 25.0. The summed E-state index contributed by atoms with van der Waals surface area (Å²) in [5.41, 5.74) is 11.5. The molecule has 0 spiro atoms. The van der Waals surface area contributed by atoms with Gasteiger partial charge in [0.1, 0.15) is 5.25 Å². The lowest BCUT2D eigenvalue weighted by Crippen LogP contribution is -2.47. The zero-order chi connectivity index (χ0) is 19.6. The molecule has 0 heterocycles. The highest BCUT2D eigenvalue weighted by Crippen LogP contribution is 2.35. The van der Waals surface area contributed by atoms with Crippen LogP contribution in [0, 0.1) is 0 Å². The summed E-state index contributed by atoms with van der Waals surface area (Å²) in [6.07, 6.45) is 1.17. The molecule has 0 aliphatic carbocycles. The van der Waals surface area contributed by atoms with Gasteiger partial charge in [-0.3, -0.25) is 9.59 Å². The molecule has 1 atom stereocenters. The lowest BCUT2D eigenvalue weighted by molar-refractivity contribution is -0.125. The molecule has 2 aromatic rings. The lowest BCUT2D eigenvalue weighted by atomic mass is 10.0. The molecule has 1 unspecified atom stereocenters. The second-order valence-corrected chi connectivity index (χ2v) is 8.20. The van der Waals surface area contributed by atoms with Crippen molar-refractivity contribution in [3.8, 4) is 0 Å². The number of nitrogens with two attached hydrogens (primary N) is 2. The van der Waals surface area contributed by atoms with Gasteiger partial charge in [-0.15, -0.1) is 6.58 Å². The number of hydrogen-bond acceptors (Lipinski definition) is 5. The quantitative estimate of drug-likeness (QED) is 0.549. The topological polar surface area (TPSA) is 124 Å². The van der Waals surface area contributed by atoms with E-state index in [0.717, 1.165) is 11.1 Å². The number of carbonyl (C=O) groups excluding carboxylic acids is 2. The molecule has 26 heavy (non-hydrogen) atoms. The van der Waals surface area contributed by atoms with Crippen molar-refractivity contribution in [2.45, 2.75) is 10.5 Å². The highest BCUT2D eigenvalue weighted by atomic mass is 32.2. The van der Waals surface area contributed by atoms with E-state index in [1.807, 2.05) is 31.1 Å². The maximum atomic E-state index is 12.9. The Bertz CT molecular complexity index is 969. The summed E-state index contributed by atoms with van der Waals surface area (Å²) in [5, 5.41) is -1.95. The molecule has 0 fully saturated rings. The minimum absolute atomic E-state index is 0.397. The van der Waals surface area contributed by atoms with Crippen LogP contribution in [0.2, 0.25) is 0 Å². The number of carbonyl (C=O) groups is 2. The SMILES string of the molecule is C=CC(c1cccc2c(N(C)C)cccc12)S(=O)(=O)C(C(N)=O)C(N)=O. The van der Waals surface area contributed by atoms with Gasteiger partial charge in [0.05, 0.1) is 0 Å². The third kappa shape index (κ3) is 3.28. The highest BCUT2D eigenvalue weighted by molar-refractivity contribution is 7.94. The summed E-state index contributed by atoms with van der Waals surface area (Å²) in [6, 6.07) is 10.7. The van der Waals surface area contributed by atoms with Gasteiger partial charge in [0.15, 0.2) is 9.84 Å². The molecule has 0 saturated carbocycles. The molecule has 8 heteroatoms. The fraction of sp³-hybridized carbons (Fsp3) is 0.222. The number of anilines is 1. The van der Waals surface area contributed by atoms with Crippen molar-refractivity contribution in [3.63, 3.8) is 0 Å². The molecular formula is C18H21N3O4S. The molecule has 0 aliphatic rings. The molecule has 4 N–H and O–H groups in total. The van der Waals surface area contributed by atoms with Crippen LogP contribution in [0.15, 0.2) is 49.1 Å². The summed E-state index contributed by atoms with van der Waals surface area (Å²) in [7, 11) is -0.621. The lowest BCUT2D eigenvalue weighted by Gasteiger charge is -2.22. The van der Waals surface area contributed by atoms with Crippen LogP contribution in [-0.2, 0) is 19.4 Å². The summed E-state index contributed by atoms with van der Waals surface area (Å²) >= 11 is 0. The third-order valence-electron chi connectivity index (χ3n) is 4.13. The number of rotatable bonds is 7. The van der Waals surface area contributed by atoms with Crippen LogP contribution in [-0.4, -0.2) is 39.6 Å². The van der Waals surface area contributed by atoms with Gasteiger partial charge in [-0.1, -0.05) is 36.4 Å². The molecule has 0 aliphatic heterocycles. The maximum Gasteiger partial charge on any atom is 0.245 e. The first-order valence-electron chi connectivity index (χ1n) is 7.75. The first-order chi connectivity index (χ1) is 12.1. The smallest absolute Gasteiger partial charge is 0.245 e. The van der Waals surface area contributed by atoms with E-state index in [2.05, 4.69) is 6.58 Å². The number of sulfone groups is 1. The van der Waals surface area contributed by atoms with Gasteiger partial charge in [-0.25, -0.2) is 8.42 Å². The second kappa shape index (κ2) is 7.17.